The molecule has 1 aliphatic heterocycles. The molecule has 28 heavy (non-hydrogen) atoms. The molecule has 1 aliphatic rings. The van der Waals surface area contributed by atoms with Crippen molar-refractivity contribution in [1.82, 2.24) is 4.31 Å². The zero-order valence-corrected chi connectivity index (χ0v) is 17.9. The summed E-state index contributed by atoms with van der Waals surface area (Å²) < 4.78 is 32.4. The Balaban J connectivity index is 1.97. The molecule has 1 amide bonds. The summed E-state index contributed by atoms with van der Waals surface area (Å²) in [5, 5.41) is 3.20. The molecule has 1 saturated heterocycles. The molecule has 0 aromatic heterocycles. The van der Waals surface area contributed by atoms with Gasteiger partial charge in [-0.3, -0.25) is 4.79 Å². The van der Waals surface area contributed by atoms with Crippen molar-refractivity contribution < 1.29 is 17.9 Å². The highest BCUT2D eigenvalue weighted by atomic mass is 35.5. The molecule has 0 spiro atoms. The molecule has 2 aromatic carbocycles. The smallest absolute Gasteiger partial charge is 0.257 e. The predicted molar refractivity (Wildman–Crippen MR) is 110 cm³/mol. The number of hydrogen-bond acceptors (Lipinski definition) is 4. The molecule has 1 fully saturated rings. The van der Waals surface area contributed by atoms with Crippen molar-refractivity contribution in [3.63, 3.8) is 0 Å². The number of anilines is 1. The summed E-state index contributed by atoms with van der Waals surface area (Å²) in [6.45, 7) is 2.78. The summed E-state index contributed by atoms with van der Waals surface area (Å²) in [5.74, 6) is -0.564. The third-order valence-corrected chi connectivity index (χ3v) is 7.46. The number of nitrogens with one attached hydrogen (secondary N) is 1. The summed E-state index contributed by atoms with van der Waals surface area (Å²) in [6, 6.07) is 7.55. The molecular weight excluding hydrogens is 447 g/mol. The van der Waals surface area contributed by atoms with Crippen LogP contribution < -0.4 is 5.32 Å². The molecule has 6 nitrogen and oxygen atoms in total. The van der Waals surface area contributed by atoms with E-state index in [1.165, 1.54) is 16.4 Å². The molecule has 10 heteroatoms. The number of rotatable bonds is 4. The summed E-state index contributed by atoms with van der Waals surface area (Å²) in [7, 11) is -3.89. The van der Waals surface area contributed by atoms with Crippen LogP contribution in [0.1, 0.15) is 15.9 Å². The zero-order valence-electron chi connectivity index (χ0n) is 14.8. The normalized spacial score (nSPS) is 15.4. The van der Waals surface area contributed by atoms with Gasteiger partial charge in [0.15, 0.2) is 0 Å². The van der Waals surface area contributed by atoms with Gasteiger partial charge >= 0.3 is 0 Å². The van der Waals surface area contributed by atoms with E-state index in [-0.39, 0.29) is 33.6 Å². The molecule has 0 saturated carbocycles. The van der Waals surface area contributed by atoms with Gasteiger partial charge in [-0.25, -0.2) is 8.42 Å². The van der Waals surface area contributed by atoms with Gasteiger partial charge < -0.3 is 10.1 Å². The molecule has 0 atom stereocenters. The lowest BCUT2D eigenvalue weighted by molar-refractivity contribution is 0.0730. The highest BCUT2D eigenvalue weighted by molar-refractivity contribution is 7.89. The van der Waals surface area contributed by atoms with E-state index >= 15 is 0 Å². The maximum absolute atomic E-state index is 12.9. The van der Waals surface area contributed by atoms with Crippen molar-refractivity contribution in [2.75, 3.05) is 31.6 Å². The van der Waals surface area contributed by atoms with Crippen molar-refractivity contribution in [3.05, 3.63) is 56.5 Å². The number of morpholine rings is 1. The number of halogens is 3. The average Bonchev–Trinajstić information content (AvgIpc) is 2.66. The van der Waals surface area contributed by atoms with E-state index < -0.39 is 15.9 Å². The topological polar surface area (TPSA) is 75.7 Å². The van der Waals surface area contributed by atoms with Gasteiger partial charge in [0.05, 0.1) is 28.8 Å². The van der Waals surface area contributed by atoms with E-state index in [0.717, 1.165) is 0 Å². The van der Waals surface area contributed by atoms with Crippen molar-refractivity contribution in [2.24, 2.45) is 0 Å². The Morgan fingerprint density at radius 1 is 1.07 bits per heavy atom. The van der Waals surface area contributed by atoms with Crippen LogP contribution in [0.15, 0.2) is 35.2 Å². The van der Waals surface area contributed by atoms with Crippen molar-refractivity contribution >= 4 is 56.4 Å². The number of hydrogen-bond donors (Lipinski definition) is 1. The second kappa shape index (κ2) is 8.57. The Morgan fingerprint density at radius 3 is 2.43 bits per heavy atom. The number of sulfonamides is 1. The van der Waals surface area contributed by atoms with Gasteiger partial charge in [0, 0.05) is 23.8 Å². The maximum atomic E-state index is 12.9. The molecule has 0 aliphatic carbocycles. The Bertz CT molecular complexity index is 1020. The molecule has 0 bridgehead atoms. The first kappa shape index (κ1) is 21.4. The van der Waals surface area contributed by atoms with Crippen LogP contribution in [-0.4, -0.2) is 44.9 Å². The SMILES string of the molecule is Cc1c(Cl)cccc1NC(=O)c1cc(S(=O)(=O)N2CCOCC2)c(Cl)cc1Cl. The Kier molecular flexibility index (Phi) is 6.54. The minimum atomic E-state index is -3.89. The lowest BCUT2D eigenvalue weighted by atomic mass is 10.1. The number of benzene rings is 2. The Labute approximate surface area is 178 Å². The Morgan fingerprint density at radius 2 is 1.75 bits per heavy atom. The van der Waals surface area contributed by atoms with Crippen LogP contribution in [0.5, 0.6) is 0 Å². The quantitative estimate of drug-likeness (QED) is 0.736. The highest BCUT2D eigenvalue weighted by Gasteiger charge is 2.30. The van der Waals surface area contributed by atoms with Crippen LogP contribution in [-0.2, 0) is 14.8 Å². The van der Waals surface area contributed by atoms with Gasteiger partial charge in [-0.1, -0.05) is 40.9 Å². The second-order valence-corrected chi connectivity index (χ2v) is 9.27. The number of nitrogens with zero attached hydrogens (tertiary/aromatic N) is 1. The maximum Gasteiger partial charge on any atom is 0.257 e. The predicted octanol–water partition coefficient (Wildman–Crippen LogP) is 4.23. The first-order valence-corrected chi connectivity index (χ1v) is 10.9. The lowest BCUT2D eigenvalue weighted by Crippen LogP contribution is -2.40. The summed E-state index contributed by atoms with van der Waals surface area (Å²) >= 11 is 18.4. The fourth-order valence-corrected chi connectivity index (χ4v) is 5.18. The van der Waals surface area contributed by atoms with Gasteiger partial charge in [-0.2, -0.15) is 4.31 Å². The van der Waals surface area contributed by atoms with Gasteiger partial charge in [0.1, 0.15) is 4.90 Å². The van der Waals surface area contributed by atoms with Crippen LogP contribution in [0.3, 0.4) is 0 Å². The van der Waals surface area contributed by atoms with E-state index in [9.17, 15) is 13.2 Å². The summed E-state index contributed by atoms with van der Waals surface area (Å²) in [5.41, 5.74) is 1.18. The number of amides is 1. The van der Waals surface area contributed by atoms with Crippen molar-refractivity contribution in [2.45, 2.75) is 11.8 Å². The lowest BCUT2D eigenvalue weighted by Gasteiger charge is -2.26. The number of carbonyl (C=O) groups is 1. The van der Waals surface area contributed by atoms with Crippen LogP contribution >= 0.6 is 34.8 Å². The first-order chi connectivity index (χ1) is 13.2. The minimum Gasteiger partial charge on any atom is -0.379 e. The van der Waals surface area contributed by atoms with E-state index in [2.05, 4.69) is 5.32 Å². The third kappa shape index (κ3) is 4.30. The first-order valence-electron chi connectivity index (χ1n) is 8.35. The third-order valence-electron chi connectivity index (χ3n) is 4.37. The second-order valence-electron chi connectivity index (χ2n) is 6.15. The number of carbonyl (C=O) groups excluding carboxylic acids is 1. The van der Waals surface area contributed by atoms with E-state index in [1.807, 2.05) is 0 Å². The van der Waals surface area contributed by atoms with Gasteiger partial charge in [-0.15, -0.1) is 0 Å². The van der Waals surface area contributed by atoms with Gasteiger partial charge in [-0.05, 0) is 36.8 Å². The van der Waals surface area contributed by atoms with Crippen molar-refractivity contribution in [1.29, 1.82) is 0 Å². The Hall–Kier alpha value is -1.35. The van der Waals surface area contributed by atoms with E-state index in [0.29, 0.717) is 29.5 Å². The minimum absolute atomic E-state index is 0.00252. The zero-order chi connectivity index (χ0) is 20.5. The monoisotopic (exact) mass is 462 g/mol. The fraction of sp³-hybridized carbons (Fsp3) is 0.278. The molecule has 0 unspecified atom stereocenters. The molecule has 150 valence electrons. The van der Waals surface area contributed by atoms with Crippen LogP contribution in [0.25, 0.3) is 0 Å². The van der Waals surface area contributed by atoms with Crippen LogP contribution in [0.4, 0.5) is 5.69 Å². The molecule has 2 aromatic rings. The average molecular weight is 464 g/mol. The van der Waals surface area contributed by atoms with Crippen LogP contribution in [0.2, 0.25) is 15.1 Å². The molecule has 3 rings (SSSR count). The summed E-state index contributed by atoms with van der Waals surface area (Å²) in [4.78, 5) is 12.6. The van der Waals surface area contributed by atoms with Crippen molar-refractivity contribution in [3.8, 4) is 0 Å². The summed E-state index contributed by atoms with van der Waals surface area (Å²) in [6.07, 6.45) is 0. The largest absolute Gasteiger partial charge is 0.379 e. The van der Waals surface area contributed by atoms with Gasteiger partial charge in [0.2, 0.25) is 10.0 Å². The van der Waals surface area contributed by atoms with E-state index in [4.69, 9.17) is 39.5 Å². The van der Waals surface area contributed by atoms with E-state index in [1.54, 1.807) is 25.1 Å². The standard InChI is InChI=1S/C18H17Cl3N2O4S/c1-11-13(19)3-2-4-16(11)22-18(24)12-9-17(15(21)10-14(12)20)28(25,26)23-5-7-27-8-6-23/h2-4,9-10H,5-8H2,1H3,(H,22,24). The fourth-order valence-electron chi connectivity index (χ4n) is 2.76. The molecular formula is C18H17Cl3N2O4S. The molecule has 0 radical (unpaired) electrons. The number of ether oxygens (including phenoxy) is 1. The van der Waals surface area contributed by atoms with Crippen LogP contribution in [0, 0.1) is 6.92 Å². The molecule has 1 heterocycles. The molecule has 1 N–H and O–H groups in total. The highest BCUT2D eigenvalue weighted by Crippen LogP contribution is 2.32. The van der Waals surface area contributed by atoms with Gasteiger partial charge in [0.25, 0.3) is 5.91 Å².